The van der Waals surface area contributed by atoms with E-state index in [9.17, 15) is 8.78 Å². The van der Waals surface area contributed by atoms with Crippen LogP contribution >= 0.6 is 11.3 Å². The van der Waals surface area contributed by atoms with E-state index in [1.807, 2.05) is 0 Å². The Hall–Kier alpha value is -1.29. The highest BCUT2D eigenvalue weighted by Gasteiger charge is 2.12. The van der Waals surface area contributed by atoms with Gasteiger partial charge in [-0.15, -0.1) is 11.3 Å². The predicted molar refractivity (Wildman–Crippen MR) is 52.2 cm³/mol. The lowest BCUT2D eigenvalue weighted by Crippen LogP contribution is -1.89. The minimum absolute atomic E-state index is 0.0446. The van der Waals surface area contributed by atoms with Crippen molar-refractivity contribution >= 4 is 11.3 Å². The summed E-state index contributed by atoms with van der Waals surface area (Å²) in [5, 5.41) is 2.44. The Kier molecular flexibility index (Phi) is 2.29. The highest BCUT2D eigenvalue weighted by Crippen LogP contribution is 2.26. The maximum absolute atomic E-state index is 13.3. The second kappa shape index (κ2) is 3.46. The van der Waals surface area contributed by atoms with Gasteiger partial charge in [0.05, 0.1) is 16.3 Å². The van der Waals surface area contributed by atoms with Crippen molar-refractivity contribution in [2.75, 3.05) is 0 Å². The Balaban J connectivity index is 2.61. The molecule has 0 aliphatic carbocycles. The van der Waals surface area contributed by atoms with Crippen LogP contribution in [0.3, 0.4) is 0 Å². The molecule has 0 N–H and O–H groups in total. The summed E-state index contributed by atoms with van der Waals surface area (Å²) in [6.45, 7) is 1.80. The van der Waals surface area contributed by atoms with Gasteiger partial charge in [-0.3, -0.25) is 0 Å². The number of thiazole rings is 1. The maximum atomic E-state index is 13.3. The minimum atomic E-state index is -0.574. The van der Waals surface area contributed by atoms with Crippen LogP contribution in [0.2, 0.25) is 0 Å². The van der Waals surface area contributed by atoms with E-state index in [0.717, 1.165) is 5.01 Å². The quantitative estimate of drug-likeness (QED) is 0.704. The van der Waals surface area contributed by atoms with Crippen molar-refractivity contribution in [3.63, 3.8) is 0 Å². The molecule has 1 nitrogen and oxygen atoms in total. The van der Waals surface area contributed by atoms with Gasteiger partial charge >= 0.3 is 0 Å². The molecule has 1 aromatic carbocycles. The maximum Gasteiger partial charge on any atom is 0.135 e. The number of rotatable bonds is 1. The van der Waals surface area contributed by atoms with E-state index in [1.54, 1.807) is 12.3 Å². The first kappa shape index (κ1) is 9.27. The van der Waals surface area contributed by atoms with Crippen molar-refractivity contribution in [3.8, 4) is 11.3 Å². The Morgan fingerprint density at radius 3 is 2.36 bits per heavy atom. The molecular formula is C10H7F2NS. The lowest BCUT2D eigenvalue weighted by Gasteiger charge is -1.99. The van der Waals surface area contributed by atoms with Crippen LogP contribution in [0.25, 0.3) is 11.3 Å². The minimum Gasteiger partial charge on any atom is -0.241 e. The Labute approximate surface area is 84.0 Å². The van der Waals surface area contributed by atoms with Gasteiger partial charge < -0.3 is 0 Å². The zero-order chi connectivity index (χ0) is 10.1. The fourth-order valence-electron chi connectivity index (χ4n) is 1.22. The third-order valence-corrected chi connectivity index (χ3v) is 2.61. The van der Waals surface area contributed by atoms with E-state index < -0.39 is 11.6 Å². The normalized spacial score (nSPS) is 10.5. The topological polar surface area (TPSA) is 12.9 Å². The number of hydrogen-bond donors (Lipinski definition) is 0. The standard InChI is InChI=1S/C10H7F2NS/c1-6-13-9(5-14-6)10-7(11)3-2-4-8(10)12/h2-5H,1H3. The van der Waals surface area contributed by atoms with Gasteiger partial charge in [-0.2, -0.15) is 0 Å². The van der Waals surface area contributed by atoms with E-state index in [1.165, 1.54) is 29.5 Å². The molecule has 0 atom stereocenters. The first-order valence-electron chi connectivity index (χ1n) is 4.05. The number of halogens is 2. The van der Waals surface area contributed by atoms with E-state index in [4.69, 9.17) is 0 Å². The van der Waals surface area contributed by atoms with Crippen LogP contribution in [-0.2, 0) is 0 Å². The van der Waals surface area contributed by atoms with Crippen molar-refractivity contribution in [2.24, 2.45) is 0 Å². The van der Waals surface area contributed by atoms with Crippen molar-refractivity contribution < 1.29 is 8.78 Å². The Morgan fingerprint density at radius 2 is 1.86 bits per heavy atom. The first-order valence-corrected chi connectivity index (χ1v) is 4.93. The molecule has 72 valence electrons. The molecule has 0 radical (unpaired) electrons. The van der Waals surface area contributed by atoms with Crippen LogP contribution in [0.1, 0.15) is 5.01 Å². The molecule has 0 aliphatic rings. The zero-order valence-corrected chi connectivity index (χ0v) is 8.24. The van der Waals surface area contributed by atoms with Gasteiger partial charge in [0.1, 0.15) is 11.6 Å². The lowest BCUT2D eigenvalue weighted by atomic mass is 10.1. The smallest absolute Gasteiger partial charge is 0.135 e. The Morgan fingerprint density at radius 1 is 1.21 bits per heavy atom. The molecule has 0 saturated carbocycles. The van der Waals surface area contributed by atoms with Gasteiger partial charge in [0.25, 0.3) is 0 Å². The molecule has 1 aromatic heterocycles. The predicted octanol–water partition coefficient (Wildman–Crippen LogP) is 3.40. The molecule has 0 saturated heterocycles. The summed E-state index contributed by atoms with van der Waals surface area (Å²) in [7, 11) is 0. The number of nitrogens with zero attached hydrogens (tertiary/aromatic N) is 1. The summed E-state index contributed by atoms with van der Waals surface area (Å²) in [5.74, 6) is -1.15. The van der Waals surface area contributed by atoms with Crippen molar-refractivity contribution in [3.05, 3.63) is 40.2 Å². The summed E-state index contributed by atoms with van der Waals surface area (Å²) in [6, 6.07) is 3.80. The molecule has 0 bridgehead atoms. The molecule has 0 amide bonds. The van der Waals surface area contributed by atoms with Gasteiger partial charge in [-0.05, 0) is 19.1 Å². The average Bonchev–Trinajstić information content (AvgIpc) is 2.51. The molecule has 4 heteroatoms. The molecule has 2 rings (SSSR count). The highest BCUT2D eigenvalue weighted by molar-refractivity contribution is 7.09. The number of aromatic nitrogens is 1. The first-order chi connectivity index (χ1) is 6.68. The molecule has 14 heavy (non-hydrogen) atoms. The van der Waals surface area contributed by atoms with E-state index in [0.29, 0.717) is 5.69 Å². The average molecular weight is 211 g/mol. The SMILES string of the molecule is Cc1nc(-c2c(F)cccc2F)cs1. The van der Waals surface area contributed by atoms with E-state index in [-0.39, 0.29) is 5.56 Å². The summed E-state index contributed by atoms with van der Waals surface area (Å²) in [5.41, 5.74) is 0.319. The monoisotopic (exact) mass is 211 g/mol. The van der Waals surface area contributed by atoms with Crippen LogP contribution in [0, 0.1) is 18.6 Å². The molecule has 2 aromatic rings. The van der Waals surface area contributed by atoms with Gasteiger partial charge in [0.2, 0.25) is 0 Å². The molecule has 0 spiro atoms. The second-order valence-electron chi connectivity index (χ2n) is 2.85. The Bertz CT molecular complexity index is 445. The van der Waals surface area contributed by atoms with Gasteiger partial charge in [-0.25, -0.2) is 13.8 Å². The van der Waals surface area contributed by atoms with Crippen LogP contribution in [0.15, 0.2) is 23.6 Å². The number of hydrogen-bond acceptors (Lipinski definition) is 2. The van der Waals surface area contributed by atoms with Crippen LogP contribution < -0.4 is 0 Å². The molecule has 1 heterocycles. The van der Waals surface area contributed by atoms with E-state index >= 15 is 0 Å². The number of benzene rings is 1. The summed E-state index contributed by atoms with van der Waals surface area (Å²) in [6.07, 6.45) is 0. The molecule has 0 unspecified atom stereocenters. The van der Waals surface area contributed by atoms with Crippen molar-refractivity contribution in [1.82, 2.24) is 4.98 Å². The lowest BCUT2D eigenvalue weighted by molar-refractivity contribution is 0.589. The highest BCUT2D eigenvalue weighted by atomic mass is 32.1. The summed E-state index contributed by atoms with van der Waals surface area (Å²) >= 11 is 1.37. The van der Waals surface area contributed by atoms with Gasteiger partial charge in [0.15, 0.2) is 0 Å². The molecular weight excluding hydrogens is 204 g/mol. The fraction of sp³-hybridized carbons (Fsp3) is 0.100. The fourth-order valence-corrected chi connectivity index (χ4v) is 1.82. The van der Waals surface area contributed by atoms with Crippen LogP contribution in [0.5, 0.6) is 0 Å². The summed E-state index contributed by atoms with van der Waals surface area (Å²) < 4.78 is 26.5. The molecule has 0 fully saturated rings. The third kappa shape index (κ3) is 1.53. The largest absolute Gasteiger partial charge is 0.241 e. The van der Waals surface area contributed by atoms with Crippen LogP contribution in [-0.4, -0.2) is 4.98 Å². The second-order valence-corrected chi connectivity index (χ2v) is 3.91. The number of aryl methyl sites for hydroxylation is 1. The van der Waals surface area contributed by atoms with E-state index in [2.05, 4.69) is 4.98 Å². The van der Waals surface area contributed by atoms with Gasteiger partial charge in [0, 0.05) is 5.38 Å². The molecule has 0 aliphatic heterocycles. The van der Waals surface area contributed by atoms with Crippen molar-refractivity contribution in [2.45, 2.75) is 6.92 Å². The summed E-state index contributed by atoms with van der Waals surface area (Å²) in [4.78, 5) is 4.04. The van der Waals surface area contributed by atoms with Crippen LogP contribution in [0.4, 0.5) is 8.78 Å². The zero-order valence-electron chi connectivity index (χ0n) is 7.42. The third-order valence-electron chi connectivity index (χ3n) is 1.84. The van der Waals surface area contributed by atoms with Gasteiger partial charge in [-0.1, -0.05) is 6.07 Å². The van der Waals surface area contributed by atoms with Crippen molar-refractivity contribution in [1.29, 1.82) is 0 Å².